The number of carbonyl (C=O) groups is 1. The molecule has 0 saturated heterocycles. The molecule has 0 spiro atoms. The zero-order valence-electron chi connectivity index (χ0n) is 10.2. The topological polar surface area (TPSA) is 47.6 Å². The van der Waals surface area contributed by atoms with E-state index in [1.54, 1.807) is 21.1 Å². The van der Waals surface area contributed by atoms with Crippen LogP contribution in [0.3, 0.4) is 0 Å². The number of hydrogen-bond acceptors (Lipinski definition) is 4. The van der Waals surface area contributed by atoms with E-state index in [0.29, 0.717) is 18.0 Å². The molecule has 0 radical (unpaired) electrons. The van der Waals surface area contributed by atoms with Crippen LogP contribution in [0, 0.1) is 0 Å². The summed E-state index contributed by atoms with van der Waals surface area (Å²) in [4.78, 5) is 11.4. The number of ether oxygens (including phenoxy) is 2. The molecule has 0 aliphatic heterocycles. The lowest BCUT2D eigenvalue weighted by atomic mass is 10.2. The van der Waals surface area contributed by atoms with E-state index >= 15 is 0 Å². The Kier molecular flexibility index (Phi) is 5.15. The van der Waals surface area contributed by atoms with E-state index in [4.69, 9.17) is 9.47 Å². The van der Waals surface area contributed by atoms with Crippen molar-refractivity contribution in [2.75, 3.05) is 14.2 Å². The fraction of sp³-hybridized carbons (Fsp3) is 0.417. The number of thiol groups is 1. The summed E-state index contributed by atoms with van der Waals surface area (Å²) in [5, 5.41) is 2.47. The Bertz CT molecular complexity index is 393. The van der Waals surface area contributed by atoms with Gasteiger partial charge in [0.1, 0.15) is 0 Å². The molecule has 5 heteroatoms. The Hall–Kier alpha value is -1.36. The quantitative estimate of drug-likeness (QED) is 0.786. The fourth-order valence-corrected chi connectivity index (χ4v) is 1.42. The highest BCUT2D eigenvalue weighted by molar-refractivity contribution is 7.81. The van der Waals surface area contributed by atoms with Crippen LogP contribution in [0.2, 0.25) is 0 Å². The molecular weight excluding hydrogens is 238 g/mol. The summed E-state index contributed by atoms with van der Waals surface area (Å²) >= 11 is 4.05. The lowest BCUT2D eigenvalue weighted by Gasteiger charge is -2.11. The van der Waals surface area contributed by atoms with Crippen LogP contribution in [-0.4, -0.2) is 25.4 Å². The smallest absolute Gasteiger partial charge is 0.232 e. The van der Waals surface area contributed by atoms with E-state index in [-0.39, 0.29) is 11.2 Å². The third-order valence-corrected chi connectivity index (χ3v) is 2.53. The van der Waals surface area contributed by atoms with E-state index in [2.05, 4.69) is 17.9 Å². The maximum Gasteiger partial charge on any atom is 0.232 e. The summed E-state index contributed by atoms with van der Waals surface area (Å²) in [7, 11) is 3.16. The van der Waals surface area contributed by atoms with E-state index in [0.717, 1.165) is 5.56 Å². The minimum absolute atomic E-state index is 0.0943. The van der Waals surface area contributed by atoms with Crippen LogP contribution >= 0.6 is 12.6 Å². The van der Waals surface area contributed by atoms with Gasteiger partial charge in [-0.1, -0.05) is 6.07 Å². The molecule has 1 aromatic carbocycles. The highest BCUT2D eigenvalue weighted by Crippen LogP contribution is 2.27. The second-order valence-corrected chi connectivity index (χ2v) is 4.36. The van der Waals surface area contributed by atoms with E-state index in [1.807, 2.05) is 18.2 Å². The van der Waals surface area contributed by atoms with Gasteiger partial charge in [-0.15, -0.1) is 0 Å². The number of amides is 1. The largest absolute Gasteiger partial charge is 0.493 e. The van der Waals surface area contributed by atoms with E-state index in [9.17, 15) is 4.79 Å². The molecule has 0 saturated carbocycles. The third-order valence-electron chi connectivity index (χ3n) is 2.29. The molecule has 1 N–H and O–H groups in total. The zero-order valence-corrected chi connectivity index (χ0v) is 11.1. The summed E-state index contributed by atoms with van der Waals surface area (Å²) in [5.74, 6) is 1.23. The Morgan fingerprint density at radius 3 is 2.53 bits per heavy atom. The first-order valence-electron chi connectivity index (χ1n) is 5.25. The monoisotopic (exact) mass is 255 g/mol. The van der Waals surface area contributed by atoms with Gasteiger partial charge in [-0.2, -0.15) is 12.6 Å². The van der Waals surface area contributed by atoms with Crippen molar-refractivity contribution in [3.8, 4) is 11.5 Å². The van der Waals surface area contributed by atoms with Gasteiger partial charge in [-0.3, -0.25) is 4.79 Å². The average Bonchev–Trinajstić information content (AvgIpc) is 2.35. The Labute approximate surface area is 107 Å². The zero-order chi connectivity index (χ0) is 12.8. The maximum absolute atomic E-state index is 11.4. The van der Waals surface area contributed by atoms with Crippen molar-refractivity contribution < 1.29 is 14.3 Å². The predicted octanol–water partition coefficient (Wildman–Crippen LogP) is 1.64. The van der Waals surface area contributed by atoms with Crippen molar-refractivity contribution in [2.24, 2.45) is 0 Å². The highest BCUT2D eigenvalue weighted by Gasteiger charge is 2.08. The van der Waals surface area contributed by atoms with Gasteiger partial charge in [0, 0.05) is 6.54 Å². The van der Waals surface area contributed by atoms with Gasteiger partial charge in [0.25, 0.3) is 0 Å². The summed E-state index contributed by atoms with van der Waals surface area (Å²) in [6.45, 7) is 2.18. The molecule has 4 nitrogen and oxygen atoms in total. The first-order valence-corrected chi connectivity index (χ1v) is 5.76. The van der Waals surface area contributed by atoms with Gasteiger partial charge in [-0.25, -0.2) is 0 Å². The van der Waals surface area contributed by atoms with Crippen molar-refractivity contribution in [1.29, 1.82) is 0 Å². The molecule has 0 bridgehead atoms. The second kappa shape index (κ2) is 6.39. The predicted molar refractivity (Wildman–Crippen MR) is 69.8 cm³/mol. The number of nitrogens with one attached hydrogen (secondary N) is 1. The molecule has 1 unspecified atom stereocenters. The first kappa shape index (κ1) is 13.7. The van der Waals surface area contributed by atoms with Crippen LogP contribution in [0.4, 0.5) is 0 Å². The van der Waals surface area contributed by atoms with Gasteiger partial charge < -0.3 is 14.8 Å². The van der Waals surface area contributed by atoms with Crippen LogP contribution in [0.25, 0.3) is 0 Å². The van der Waals surface area contributed by atoms with Crippen molar-refractivity contribution in [3.05, 3.63) is 23.8 Å². The molecule has 1 aromatic rings. The minimum atomic E-state index is -0.310. The van der Waals surface area contributed by atoms with Gasteiger partial charge in [0.05, 0.1) is 19.5 Å². The number of methoxy groups -OCH3 is 2. The normalized spacial score (nSPS) is 11.8. The maximum atomic E-state index is 11.4. The third kappa shape index (κ3) is 3.85. The number of hydrogen-bond donors (Lipinski definition) is 2. The number of carbonyl (C=O) groups excluding carboxylic acids is 1. The van der Waals surface area contributed by atoms with Gasteiger partial charge >= 0.3 is 0 Å². The molecule has 1 rings (SSSR count). The van der Waals surface area contributed by atoms with Crippen molar-refractivity contribution in [2.45, 2.75) is 18.7 Å². The van der Waals surface area contributed by atoms with Crippen molar-refractivity contribution >= 4 is 18.5 Å². The molecule has 0 heterocycles. The summed E-state index contributed by atoms with van der Waals surface area (Å²) in [6.07, 6.45) is 0. The molecule has 1 amide bonds. The van der Waals surface area contributed by atoms with Gasteiger partial charge in [0.2, 0.25) is 5.91 Å². The van der Waals surface area contributed by atoms with Gasteiger partial charge in [-0.05, 0) is 24.6 Å². The Balaban J connectivity index is 2.69. The van der Waals surface area contributed by atoms with Crippen molar-refractivity contribution in [3.63, 3.8) is 0 Å². The molecule has 94 valence electrons. The number of rotatable bonds is 5. The molecule has 0 aromatic heterocycles. The summed E-state index contributed by atoms with van der Waals surface area (Å²) in [6, 6.07) is 5.53. The fourth-order valence-electron chi connectivity index (χ4n) is 1.33. The SMILES string of the molecule is COc1ccc(CNC(=O)C(C)S)cc1OC. The second-order valence-electron chi connectivity index (χ2n) is 3.58. The lowest BCUT2D eigenvalue weighted by molar-refractivity contribution is -0.120. The minimum Gasteiger partial charge on any atom is -0.493 e. The molecule has 0 aliphatic carbocycles. The molecular formula is C12H17NO3S. The summed E-state index contributed by atoms with van der Waals surface area (Å²) in [5.41, 5.74) is 0.949. The molecule has 1 atom stereocenters. The van der Waals surface area contributed by atoms with E-state index in [1.165, 1.54) is 0 Å². The van der Waals surface area contributed by atoms with Gasteiger partial charge in [0.15, 0.2) is 11.5 Å². The lowest BCUT2D eigenvalue weighted by Crippen LogP contribution is -2.29. The van der Waals surface area contributed by atoms with Crippen LogP contribution in [0.15, 0.2) is 18.2 Å². The molecule has 17 heavy (non-hydrogen) atoms. The Morgan fingerprint density at radius 1 is 1.35 bits per heavy atom. The molecule has 0 fully saturated rings. The summed E-state index contributed by atoms with van der Waals surface area (Å²) < 4.78 is 10.3. The van der Waals surface area contributed by atoms with Crippen LogP contribution in [0.1, 0.15) is 12.5 Å². The van der Waals surface area contributed by atoms with Crippen molar-refractivity contribution in [1.82, 2.24) is 5.32 Å². The van der Waals surface area contributed by atoms with Crippen LogP contribution < -0.4 is 14.8 Å². The highest BCUT2D eigenvalue weighted by atomic mass is 32.1. The van der Waals surface area contributed by atoms with Crippen LogP contribution in [-0.2, 0) is 11.3 Å². The standard InChI is InChI=1S/C12H17NO3S/c1-8(17)12(14)13-7-9-4-5-10(15-2)11(6-9)16-3/h4-6,8,17H,7H2,1-3H3,(H,13,14). The Morgan fingerprint density at radius 2 is 2.00 bits per heavy atom. The van der Waals surface area contributed by atoms with Crippen LogP contribution in [0.5, 0.6) is 11.5 Å². The first-order chi connectivity index (χ1) is 8.08. The number of benzene rings is 1. The van der Waals surface area contributed by atoms with E-state index < -0.39 is 0 Å². The molecule has 0 aliphatic rings. The average molecular weight is 255 g/mol.